The molecule has 2 N–H and O–H groups in total. The van der Waals surface area contributed by atoms with Crippen LogP contribution in [0.1, 0.15) is 36.5 Å². The smallest absolute Gasteiger partial charge is 0.280 e. The highest BCUT2D eigenvalue weighted by Gasteiger charge is 2.24. The van der Waals surface area contributed by atoms with Gasteiger partial charge in [-0.3, -0.25) is 4.98 Å². The molecule has 1 aliphatic carbocycles. The first kappa shape index (κ1) is 22.8. The third kappa shape index (κ3) is 5.11. The maximum absolute atomic E-state index is 13.6. The lowest BCUT2D eigenvalue weighted by atomic mass is 9.99. The molecule has 5 rings (SSSR count). The van der Waals surface area contributed by atoms with Crippen LogP contribution in [0.4, 0.5) is 19.1 Å². The maximum atomic E-state index is 13.6. The fraction of sp³-hybridized carbons (Fsp3) is 0.280. The van der Waals surface area contributed by atoms with Gasteiger partial charge < -0.3 is 15.0 Å². The fourth-order valence-corrected chi connectivity index (χ4v) is 3.95. The second-order valence-electron chi connectivity index (χ2n) is 8.57. The molecule has 4 aromatic rings. The van der Waals surface area contributed by atoms with Crippen molar-refractivity contribution < 1.29 is 17.9 Å². The van der Waals surface area contributed by atoms with Crippen molar-refractivity contribution in [2.24, 2.45) is 5.92 Å². The van der Waals surface area contributed by atoms with Gasteiger partial charge in [0.2, 0.25) is 11.8 Å². The van der Waals surface area contributed by atoms with Gasteiger partial charge in [0.25, 0.3) is 6.43 Å². The number of aryl methyl sites for hydroxylation is 1. The van der Waals surface area contributed by atoms with Crippen LogP contribution in [0.2, 0.25) is 0 Å². The van der Waals surface area contributed by atoms with Gasteiger partial charge in [-0.05, 0) is 67.6 Å². The summed E-state index contributed by atoms with van der Waals surface area (Å²) in [5.74, 6) is 0.984. The van der Waals surface area contributed by atoms with Crippen molar-refractivity contribution in [2.75, 3.05) is 5.73 Å². The summed E-state index contributed by atoms with van der Waals surface area (Å²) in [7, 11) is 0. The molecule has 180 valence electrons. The summed E-state index contributed by atoms with van der Waals surface area (Å²) in [4.78, 5) is 17.0. The van der Waals surface area contributed by atoms with Crippen molar-refractivity contribution in [2.45, 2.75) is 39.3 Å². The Bertz CT molecular complexity index is 1350. The highest BCUT2D eigenvalue weighted by molar-refractivity contribution is 5.85. The number of imidazole rings is 1. The van der Waals surface area contributed by atoms with E-state index in [1.807, 2.05) is 10.8 Å². The number of pyridine rings is 1. The van der Waals surface area contributed by atoms with Gasteiger partial charge in [-0.2, -0.15) is 4.98 Å². The summed E-state index contributed by atoms with van der Waals surface area (Å²) in [6.07, 6.45) is 3.23. The Morgan fingerprint density at radius 1 is 1.09 bits per heavy atom. The van der Waals surface area contributed by atoms with Crippen molar-refractivity contribution in [3.63, 3.8) is 0 Å². The van der Waals surface area contributed by atoms with Crippen molar-refractivity contribution in [3.8, 4) is 28.3 Å². The van der Waals surface area contributed by atoms with Crippen molar-refractivity contribution in [3.05, 3.63) is 71.8 Å². The monoisotopic (exact) mass is 480 g/mol. The molecule has 0 aliphatic heterocycles. The van der Waals surface area contributed by atoms with E-state index in [1.165, 1.54) is 43.2 Å². The number of hydrogen-bond acceptors (Lipinski definition) is 6. The summed E-state index contributed by atoms with van der Waals surface area (Å²) in [6, 6.07) is 8.57. The molecule has 0 amide bonds. The van der Waals surface area contributed by atoms with E-state index in [0.717, 1.165) is 6.54 Å². The first-order valence-electron chi connectivity index (χ1n) is 11.2. The molecule has 1 fully saturated rings. The molecule has 0 unspecified atom stereocenters. The number of halogens is 3. The number of nitrogens with two attached hydrogens (primary N) is 1. The number of nitrogens with zero attached hydrogens (tertiary/aromatic N) is 5. The van der Waals surface area contributed by atoms with Crippen LogP contribution in [0.25, 0.3) is 22.4 Å². The van der Waals surface area contributed by atoms with Crippen molar-refractivity contribution in [1.82, 2.24) is 24.5 Å². The van der Waals surface area contributed by atoms with Crippen LogP contribution in [-0.2, 0) is 13.2 Å². The highest BCUT2D eigenvalue weighted by Crippen LogP contribution is 2.39. The summed E-state index contributed by atoms with van der Waals surface area (Å²) in [5, 5.41) is 0. The van der Waals surface area contributed by atoms with Crippen LogP contribution in [0.15, 0.2) is 48.8 Å². The minimum absolute atomic E-state index is 0.0655. The fourth-order valence-electron chi connectivity index (χ4n) is 3.95. The first-order chi connectivity index (χ1) is 16.9. The minimum atomic E-state index is -2.77. The largest absolute Gasteiger partial charge is 0.469 e. The maximum Gasteiger partial charge on any atom is 0.280 e. The Labute approximate surface area is 199 Å². The molecule has 0 atom stereocenters. The van der Waals surface area contributed by atoms with Gasteiger partial charge in [0.1, 0.15) is 23.9 Å². The van der Waals surface area contributed by atoms with Crippen LogP contribution in [0, 0.1) is 18.7 Å². The number of anilines is 1. The number of nitrogen functional groups attached to an aromatic ring is 1. The molecule has 35 heavy (non-hydrogen) atoms. The molecule has 3 aromatic heterocycles. The van der Waals surface area contributed by atoms with E-state index in [0.29, 0.717) is 39.8 Å². The highest BCUT2D eigenvalue weighted by atomic mass is 19.3. The second-order valence-corrected chi connectivity index (χ2v) is 8.57. The normalized spacial score (nSPS) is 13.4. The van der Waals surface area contributed by atoms with Crippen molar-refractivity contribution >= 4 is 5.95 Å². The zero-order valence-corrected chi connectivity index (χ0v) is 19.0. The van der Waals surface area contributed by atoms with Crippen LogP contribution >= 0.6 is 0 Å². The summed E-state index contributed by atoms with van der Waals surface area (Å²) >= 11 is 0. The summed E-state index contributed by atoms with van der Waals surface area (Å²) < 4.78 is 48.9. The molecule has 0 spiro atoms. The van der Waals surface area contributed by atoms with E-state index in [2.05, 4.69) is 19.9 Å². The lowest BCUT2D eigenvalue weighted by Crippen LogP contribution is -2.10. The number of alkyl halides is 2. The summed E-state index contributed by atoms with van der Waals surface area (Å²) in [6.45, 7) is 2.58. The van der Waals surface area contributed by atoms with E-state index in [4.69, 9.17) is 10.5 Å². The van der Waals surface area contributed by atoms with Gasteiger partial charge >= 0.3 is 0 Å². The van der Waals surface area contributed by atoms with Crippen LogP contribution in [-0.4, -0.2) is 24.5 Å². The van der Waals surface area contributed by atoms with Crippen LogP contribution < -0.4 is 10.5 Å². The van der Waals surface area contributed by atoms with Gasteiger partial charge in [0, 0.05) is 30.2 Å². The van der Waals surface area contributed by atoms with Gasteiger partial charge in [-0.25, -0.2) is 23.1 Å². The number of hydrogen-bond donors (Lipinski definition) is 1. The van der Waals surface area contributed by atoms with Gasteiger partial charge in [-0.15, -0.1) is 0 Å². The average Bonchev–Trinajstić information content (AvgIpc) is 3.53. The number of rotatable bonds is 8. The molecule has 0 radical (unpaired) electrons. The molecule has 3 heterocycles. The Balaban J connectivity index is 1.61. The van der Waals surface area contributed by atoms with E-state index < -0.39 is 12.2 Å². The lowest BCUT2D eigenvalue weighted by molar-refractivity contribution is 0.146. The van der Waals surface area contributed by atoms with E-state index in [9.17, 15) is 13.2 Å². The average molecular weight is 480 g/mol. The number of aromatic nitrogens is 5. The topological polar surface area (TPSA) is 91.7 Å². The Hall–Kier alpha value is -3.95. The minimum Gasteiger partial charge on any atom is -0.469 e. The molecule has 10 heteroatoms. The first-order valence-corrected chi connectivity index (χ1v) is 11.2. The molecule has 0 bridgehead atoms. The predicted molar refractivity (Wildman–Crippen MR) is 124 cm³/mol. The SMILES string of the molecule is Cc1cc(-c2c(OCc3nccn3CC3CC3)nc(N)nc2-c2ccc(F)cc2)cc(C(F)F)n1. The van der Waals surface area contributed by atoms with Gasteiger partial charge in [0.05, 0.1) is 11.3 Å². The predicted octanol–water partition coefficient (Wildman–Crippen LogP) is 5.36. The van der Waals surface area contributed by atoms with Crippen molar-refractivity contribution in [1.29, 1.82) is 0 Å². The van der Waals surface area contributed by atoms with Crippen LogP contribution in [0.3, 0.4) is 0 Å². The Morgan fingerprint density at radius 2 is 1.86 bits per heavy atom. The molecule has 1 aromatic carbocycles. The third-order valence-corrected chi connectivity index (χ3v) is 5.79. The zero-order valence-electron chi connectivity index (χ0n) is 19.0. The molecule has 1 aliphatic rings. The van der Waals surface area contributed by atoms with E-state index >= 15 is 0 Å². The Morgan fingerprint density at radius 3 is 2.57 bits per heavy atom. The molecule has 1 saturated carbocycles. The number of benzene rings is 1. The summed E-state index contributed by atoms with van der Waals surface area (Å²) in [5.41, 5.74) is 7.63. The molecular formula is C25H23F3N6O. The van der Waals surface area contributed by atoms with E-state index in [1.54, 1.807) is 19.2 Å². The molecular weight excluding hydrogens is 457 g/mol. The quantitative estimate of drug-likeness (QED) is 0.365. The Kier molecular flexibility index (Phi) is 6.10. The van der Waals surface area contributed by atoms with Gasteiger partial charge in [0.15, 0.2) is 0 Å². The lowest BCUT2D eigenvalue weighted by Gasteiger charge is -2.17. The van der Waals surface area contributed by atoms with E-state index in [-0.39, 0.29) is 24.1 Å². The molecule has 7 nitrogen and oxygen atoms in total. The van der Waals surface area contributed by atoms with Crippen LogP contribution in [0.5, 0.6) is 5.88 Å². The molecule has 0 saturated heterocycles. The van der Waals surface area contributed by atoms with Gasteiger partial charge in [-0.1, -0.05) is 0 Å². The number of ether oxygens (including phenoxy) is 1. The third-order valence-electron chi connectivity index (χ3n) is 5.79. The second kappa shape index (κ2) is 9.36. The zero-order chi connectivity index (χ0) is 24.5. The standard InChI is InChI=1S/C25H23F3N6O/c1-14-10-17(11-19(31-14)23(27)28)21-22(16-4-6-18(26)7-5-16)32-25(29)33-24(21)35-13-20-30-8-9-34(20)12-15-2-3-15/h4-11,15,23H,2-3,12-13H2,1H3,(H2,29,32,33).